The average molecular weight is 335 g/mol. The van der Waals surface area contributed by atoms with Crippen molar-refractivity contribution in [2.75, 3.05) is 32.1 Å². The van der Waals surface area contributed by atoms with Crippen molar-refractivity contribution in [3.8, 4) is 0 Å². The van der Waals surface area contributed by atoms with Gasteiger partial charge in [0.25, 0.3) is 0 Å². The van der Waals surface area contributed by atoms with Crippen LogP contribution >= 0.6 is 24.2 Å². The number of ether oxygens (including phenoxy) is 1. The molecule has 4 nitrogen and oxygen atoms in total. The van der Waals surface area contributed by atoms with Crippen molar-refractivity contribution in [1.82, 2.24) is 4.90 Å². The first-order valence-corrected chi connectivity index (χ1v) is 8.92. The second kappa shape index (κ2) is 7.07. The topological polar surface area (TPSA) is 55.6 Å². The van der Waals surface area contributed by atoms with Gasteiger partial charge in [-0.2, -0.15) is 11.8 Å². The number of halogens is 1. The third-order valence-electron chi connectivity index (χ3n) is 5.11. The van der Waals surface area contributed by atoms with Crippen molar-refractivity contribution in [3.05, 3.63) is 0 Å². The highest BCUT2D eigenvalue weighted by atomic mass is 35.5. The number of rotatable bonds is 1. The molecule has 21 heavy (non-hydrogen) atoms. The molecule has 0 bridgehead atoms. The molecular weight excluding hydrogens is 308 g/mol. The zero-order valence-electron chi connectivity index (χ0n) is 12.6. The van der Waals surface area contributed by atoms with Gasteiger partial charge < -0.3 is 15.4 Å². The third kappa shape index (κ3) is 3.69. The minimum Gasteiger partial charge on any atom is -0.381 e. The van der Waals surface area contributed by atoms with Crippen LogP contribution in [0.1, 0.15) is 44.9 Å². The highest BCUT2D eigenvalue weighted by Crippen LogP contribution is 2.43. The summed E-state index contributed by atoms with van der Waals surface area (Å²) in [7, 11) is 0. The molecule has 122 valence electrons. The summed E-state index contributed by atoms with van der Waals surface area (Å²) in [6.45, 7) is 3.02. The monoisotopic (exact) mass is 334 g/mol. The fourth-order valence-corrected chi connectivity index (χ4v) is 5.35. The number of nitrogens with zero attached hydrogens (tertiary/aromatic N) is 1. The molecule has 1 amide bonds. The zero-order valence-corrected chi connectivity index (χ0v) is 14.3. The van der Waals surface area contributed by atoms with E-state index in [0.29, 0.717) is 30.8 Å². The van der Waals surface area contributed by atoms with E-state index in [4.69, 9.17) is 10.5 Å². The van der Waals surface area contributed by atoms with Crippen molar-refractivity contribution < 1.29 is 9.53 Å². The lowest BCUT2D eigenvalue weighted by molar-refractivity contribution is -0.141. The third-order valence-corrected chi connectivity index (χ3v) is 6.65. The smallest absolute Gasteiger partial charge is 0.242 e. The Balaban J connectivity index is 0.00000161. The van der Waals surface area contributed by atoms with Gasteiger partial charge in [0.2, 0.25) is 5.91 Å². The van der Waals surface area contributed by atoms with Crippen LogP contribution in [0.2, 0.25) is 0 Å². The number of hydrogen-bond donors (Lipinski definition) is 1. The second-order valence-corrected chi connectivity index (χ2v) is 8.15. The van der Waals surface area contributed by atoms with E-state index in [2.05, 4.69) is 16.7 Å². The van der Waals surface area contributed by atoms with E-state index in [0.717, 1.165) is 18.8 Å². The Morgan fingerprint density at radius 3 is 2.43 bits per heavy atom. The Bertz CT molecular complexity index is 363. The van der Waals surface area contributed by atoms with Gasteiger partial charge in [-0.05, 0) is 25.7 Å². The standard InChI is InChI=1S/C15H26N2O2S.ClH/c16-15(6-9-19-10-7-15)13(18)17-8-11-20-14(12-17)4-2-1-3-5-14;/h1-12,16H2;1H. The molecule has 3 aliphatic rings. The van der Waals surface area contributed by atoms with E-state index in [1.165, 1.54) is 32.1 Å². The number of nitrogens with two attached hydrogens (primary N) is 1. The summed E-state index contributed by atoms with van der Waals surface area (Å²) in [5, 5.41) is 0. The maximum absolute atomic E-state index is 12.8. The van der Waals surface area contributed by atoms with Crippen LogP contribution in [0.3, 0.4) is 0 Å². The van der Waals surface area contributed by atoms with Gasteiger partial charge in [-0.1, -0.05) is 19.3 Å². The van der Waals surface area contributed by atoms with E-state index in [1.807, 2.05) is 0 Å². The molecule has 1 saturated carbocycles. The van der Waals surface area contributed by atoms with E-state index in [1.54, 1.807) is 0 Å². The van der Waals surface area contributed by atoms with Gasteiger partial charge in [-0.25, -0.2) is 0 Å². The molecule has 0 atom stereocenters. The first-order valence-electron chi connectivity index (χ1n) is 7.94. The molecule has 0 aromatic rings. The maximum Gasteiger partial charge on any atom is 0.242 e. The second-order valence-electron chi connectivity index (χ2n) is 6.59. The van der Waals surface area contributed by atoms with Crippen molar-refractivity contribution >= 4 is 30.1 Å². The quantitative estimate of drug-likeness (QED) is 0.798. The van der Waals surface area contributed by atoms with Crippen molar-refractivity contribution in [1.29, 1.82) is 0 Å². The number of amides is 1. The Morgan fingerprint density at radius 2 is 1.76 bits per heavy atom. The van der Waals surface area contributed by atoms with Crippen LogP contribution in [0.4, 0.5) is 0 Å². The van der Waals surface area contributed by atoms with Gasteiger partial charge in [0.15, 0.2) is 0 Å². The first kappa shape index (κ1) is 17.4. The molecule has 1 spiro atoms. The summed E-state index contributed by atoms with van der Waals surface area (Å²) >= 11 is 2.09. The minimum atomic E-state index is -0.671. The van der Waals surface area contributed by atoms with Crippen molar-refractivity contribution in [2.45, 2.75) is 55.2 Å². The molecule has 0 unspecified atom stereocenters. The Labute approximate surface area is 137 Å². The van der Waals surface area contributed by atoms with Gasteiger partial charge in [-0.3, -0.25) is 4.79 Å². The highest BCUT2D eigenvalue weighted by molar-refractivity contribution is 8.00. The molecule has 2 heterocycles. The molecule has 0 aromatic carbocycles. The molecule has 1 aliphatic carbocycles. The molecule has 0 radical (unpaired) electrons. The van der Waals surface area contributed by atoms with E-state index in [9.17, 15) is 4.79 Å². The molecule has 3 fully saturated rings. The SMILES string of the molecule is Cl.NC1(C(=O)N2CCSC3(CCCCC3)C2)CCOCC1. The van der Waals surface area contributed by atoms with E-state index >= 15 is 0 Å². The Morgan fingerprint density at radius 1 is 1.10 bits per heavy atom. The molecule has 2 saturated heterocycles. The van der Waals surface area contributed by atoms with Crippen molar-refractivity contribution in [2.24, 2.45) is 5.73 Å². The highest BCUT2D eigenvalue weighted by Gasteiger charge is 2.44. The van der Waals surface area contributed by atoms with Crippen LogP contribution < -0.4 is 5.73 Å². The zero-order chi connectivity index (χ0) is 14.1. The lowest BCUT2D eigenvalue weighted by atomic mass is 9.85. The normalized spacial score (nSPS) is 28.0. The summed E-state index contributed by atoms with van der Waals surface area (Å²) in [5.41, 5.74) is 5.70. The Hall–Kier alpha value is 0.0300. The molecule has 2 aliphatic heterocycles. The van der Waals surface area contributed by atoms with Gasteiger partial charge in [0.1, 0.15) is 0 Å². The van der Waals surface area contributed by atoms with E-state index in [-0.39, 0.29) is 18.3 Å². The number of hydrogen-bond acceptors (Lipinski definition) is 4. The number of carbonyl (C=O) groups is 1. The van der Waals surface area contributed by atoms with Crippen LogP contribution in [0.15, 0.2) is 0 Å². The van der Waals surface area contributed by atoms with Crippen LogP contribution in [0.25, 0.3) is 0 Å². The molecule has 3 rings (SSSR count). The van der Waals surface area contributed by atoms with Crippen LogP contribution in [0, 0.1) is 0 Å². The summed E-state index contributed by atoms with van der Waals surface area (Å²) in [5.74, 6) is 1.24. The largest absolute Gasteiger partial charge is 0.381 e. The van der Waals surface area contributed by atoms with Crippen LogP contribution in [-0.4, -0.2) is 53.1 Å². The molecule has 6 heteroatoms. The summed E-state index contributed by atoms with van der Waals surface area (Å²) in [4.78, 5) is 14.9. The Kier molecular flexibility index (Phi) is 5.85. The predicted octanol–water partition coefficient (Wildman–Crippen LogP) is 2.19. The first-order chi connectivity index (χ1) is 9.64. The predicted molar refractivity (Wildman–Crippen MR) is 89.1 cm³/mol. The fourth-order valence-electron chi connectivity index (χ4n) is 3.78. The summed E-state index contributed by atoms with van der Waals surface area (Å²) in [6, 6.07) is 0. The van der Waals surface area contributed by atoms with Gasteiger partial charge >= 0.3 is 0 Å². The number of thioether (sulfide) groups is 1. The van der Waals surface area contributed by atoms with Gasteiger partial charge in [0, 0.05) is 36.8 Å². The summed E-state index contributed by atoms with van der Waals surface area (Å²) < 4.78 is 5.68. The molecule has 2 N–H and O–H groups in total. The maximum atomic E-state index is 12.8. The summed E-state index contributed by atoms with van der Waals surface area (Å²) in [6.07, 6.45) is 7.86. The van der Waals surface area contributed by atoms with Crippen LogP contribution in [0.5, 0.6) is 0 Å². The van der Waals surface area contributed by atoms with E-state index < -0.39 is 5.54 Å². The van der Waals surface area contributed by atoms with Crippen molar-refractivity contribution in [3.63, 3.8) is 0 Å². The lowest BCUT2D eigenvalue weighted by Gasteiger charge is -2.47. The molecular formula is C15H27ClN2O2S. The minimum absolute atomic E-state index is 0. The number of carbonyl (C=O) groups excluding carboxylic acids is 1. The lowest BCUT2D eigenvalue weighted by Crippen LogP contribution is -2.61. The molecule has 0 aromatic heterocycles. The van der Waals surface area contributed by atoms with Crippen LogP contribution in [-0.2, 0) is 9.53 Å². The fraction of sp³-hybridized carbons (Fsp3) is 0.933. The van der Waals surface area contributed by atoms with Gasteiger partial charge in [-0.15, -0.1) is 12.4 Å². The average Bonchev–Trinajstić information content (AvgIpc) is 2.48. The van der Waals surface area contributed by atoms with Gasteiger partial charge in [0.05, 0.1) is 5.54 Å².